The molecular formula is C16H32N2. The highest BCUT2D eigenvalue weighted by Crippen LogP contribution is 2.42. The van der Waals surface area contributed by atoms with Gasteiger partial charge in [0.2, 0.25) is 0 Å². The lowest BCUT2D eigenvalue weighted by Gasteiger charge is -2.48. The van der Waals surface area contributed by atoms with Gasteiger partial charge in [-0.3, -0.25) is 4.90 Å². The molecule has 2 aliphatic carbocycles. The minimum absolute atomic E-state index is 0.363. The molecule has 0 saturated heterocycles. The number of nitrogens with two attached hydrogens (primary N) is 1. The topological polar surface area (TPSA) is 29.3 Å². The van der Waals surface area contributed by atoms with Crippen molar-refractivity contribution < 1.29 is 0 Å². The number of nitrogens with zero attached hydrogens (tertiary/aromatic N) is 1. The van der Waals surface area contributed by atoms with Gasteiger partial charge in [-0.25, -0.2) is 0 Å². The molecule has 2 fully saturated rings. The summed E-state index contributed by atoms with van der Waals surface area (Å²) in [6.07, 6.45) is 12.4. The minimum atomic E-state index is 0.363. The molecule has 0 aromatic carbocycles. The summed E-state index contributed by atoms with van der Waals surface area (Å²) < 4.78 is 0. The Hall–Kier alpha value is -0.0800. The van der Waals surface area contributed by atoms with E-state index >= 15 is 0 Å². The van der Waals surface area contributed by atoms with Crippen LogP contribution in [0.1, 0.15) is 71.6 Å². The molecule has 0 aromatic heterocycles. The van der Waals surface area contributed by atoms with Gasteiger partial charge in [-0.2, -0.15) is 0 Å². The van der Waals surface area contributed by atoms with Gasteiger partial charge in [0.15, 0.2) is 0 Å². The van der Waals surface area contributed by atoms with Gasteiger partial charge < -0.3 is 5.73 Å². The largest absolute Gasteiger partial charge is 0.329 e. The van der Waals surface area contributed by atoms with Gasteiger partial charge in [-0.1, -0.05) is 26.7 Å². The SMILES string of the molecule is CCCCN(C1CC1)C1(CN)CCC(CC)CC1. The third kappa shape index (κ3) is 3.08. The Labute approximate surface area is 113 Å². The second kappa shape index (κ2) is 6.38. The standard InChI is InChI=1S/C16H32N2/c1-3-5-12-18(15-6-7-15)16(13-17)10-8-14(4-2)9-11-16/h14-15H,3-13,17H2,1-2H3. The van der Waals surface area contributed by atoms with Gasteiger partial charge >= 0.3 is 0 Å². The van der Waals surface area contributed by atoms with Crippen molar-refractivity contribution in [3.05, 3.63) is 0 Å². The van der Waals surface area contributed by atoms with Crippen molar-refractivity contribution >= 4 is 0 Å². The first-order valence-electron chi connectivity index (χ1n) is 8.22. The van der Waals surface area contributed by atoms with Crippen LogP contribution >= 0.6 is 0 Å². The van der Waals surface area contributed by atoms with Gasteiger partial charge in [0, 0.05) is 18.1 Å². The molecule has 18 heavy (non-hydrogen) atoms. The van der Waals surface area contributed by atoms with E-state index in [0.29, 0.717) is 5.54 Å². The summed E-state index contributed by atoms with van der Waals surface area (Å²) in [4.78, 5) is 2.82. The van der Waals surface area contributed by atoms with Crippen LogP contribution in [0.5, 0.6) is 0 Å². The molecule has 2 saturated carbocycles. The number of hydrogen-bond donors (Lipinski definition) is 1. The van der Waals surface area contributed by atoms with Crippen molar-refractivity contribution in [3.63, 3.8) is 0 Å². The molecule has 2 rings (SSSR count). The summed E-state index contributed by atoms with van der Waals surface area (Å²) >= 11 is 0. The Balaban J connectivity index is 2.00. The normalized spacial score (nSPS) is 33.0. The second-order valence-electron chi connectivity index (χ2n) is 6.56. The van der Waals surface area contributed by atoms with Crippen LogP contribution in [-0.2, 0) is 0 Å². The van der Waals surface area contributed by atoms with Crippen molar-refractivity contribution in [2.45, 2.75) is 83.2 Å². The average molecular weight is 252 g/mol. The molecule has 0 spiro atoms. The molecule has 0 unspecified atom stereocenters. The summed E-state index contributed by atoms with van der Waals surface area (Å²) in [5.41, 5.74) is 6.58. The first kappa shape index (κ1) is 14.3. The molecule has 2 heteroatoms. The van der Waals surface area contributed by atoms with Crippen molar-refractivity contribution in [2.24, 2.45) is 11.7 Å². The van der Waals surface area contributed by atoms with E-state index in [-0.39, 0.29) is 0 Å². The third-order valence-corrected chi connectivity index (χ3v) is 5.34. The van der Waals surface area contributed by atoms with Crippen molar-refractivity contribution in [2.75, 3.05) is 13.1 Å². The fraction of sp³-hybridized carbons (Fsp3) is 1.00. The monoisotopic (exact) mass is 252 g/mol. The zero-order valence-corrected chi connectivity index (χ0v) is 12.5. The molecule has 0 radical (unpaired) electrons. The predicted molar refractivity (Wildman–Crippen MR) is 78.7 cm³/mol. The van der Waals surface area contributed by atoms with E-state index < -0.39 is 0 Å². The van der Waals surface area contributed by atoms with E-state index in [1.807, 2.05) is 0 Å². The smallest absolute Gasteiger partial charge is 0.0334 e. The zero-order valence-electron chi connectivity index (χ0n) is 12.5. The Morgan fingerprint density at radius 3 is 2.22 bits per heavy atom. The van der Waals surface area contributed by atoms with E-state index in [9.17, 15) is 0 Å². The molecule has 0 aromatic rings. The van der Waals surface area contributed by atoms with Crippen LogP contribution in [-0.4, -0.2) is 29.6 Å². The predicted octanol–water partition coefficient (Wildman–Crippen LogP) is 3.55. The lowest BCUT2D eigenvalue weighted by molar-refractivity contribution is 0.0333. The zero-order chi connectivity index (χ0) is 13.0. The summed E-state index contributed by atoms with van der Waals surface area (Å²) in [5.74, 6) is 0.969. The number of hydrogen-bond acceptors (Lipinski definition) is 2. The molecule has 2 aliphatic rings. The Kier molecular flexibility index (Phi) is 5.08. The fourth-order valence-corrected chi connectivity index (χ4v) is 3.75. The maximum atomic E-state index is 6.22. The average Bonchev–Trinajstić information content (AvgIpc) is 3.24. The lowest BCUT2D eigenvalue weighted by atomic mass is 9.74. The second-order valence-corrected chi connectivity index (χ2v) is 6.56. The van der Waals surface area contributed by atoms with E-state index in [4.69, 9.17) is 5.73 Å². The Morgan fingerprint density at radius 2 is 1.78 bits per heavy atom. The summed E-state index contributed by atoms with van der Waals surface area (Å²) in [6.45, 7) is 6.81. The number of unbranched alkanes of at least 4 members (excludes halogenated alkanes) is 1. The van der Waals surface area contributed by atoms with Crippen LogP contribution in [0.25, 0.3) is 0 Å². The highest BCUT2D eigenvalue weighted by Gasteiger charge is 2.44. The molecule has 2 nitrogen and oxygen atoms in total. The maximum absolute atomic E-state index is 6.22. The van der Waals surface area contributed by atoms with Crippen molar-refractivity contribution in [3.8, 4) is 0 Å². The van der Waals surface area contributed by atoms with Gasteiger partial charge in [0.1, 0.15) is 0 Å². The molecular weight excluding hydrogens is 220 g/mol. The summed E-state index contributed by atoms with van der Waals surface area (Å²) in [7, 11) is 0. The fourth-order valence-electron chi connectivity index (χ4n) is 3.75. The summed E-state index contributed by atoms with van der Waals surface area (Å²) in [6, 6.07) is 0.873. The molecule has 106 valence electrons. The van der Waals surface area contributed by atoms with Gasteiger partial charge in [-0.15, -0.1) is 0 Å². The number of rotatable bonds is 7. The Bertz CT molecular complexity index is 239. The Morgan fingerprint density at radius 1 is 1.11 bits per heavy atom. The molecule has 0 heterocycles. The van der Waals surface area contributed by atoms with Gasteiger partial charge in [0.05, 0.1) is 0 Å². The summed E-state index contributed by atoms with van der Waals surface area (Å²) in [5, 5.41) is 0. The molecule has 2 N–H and O–H groups in total. The quantitative estimate of drug-likeness (QED) is 0.751. The van der Waals surface area contributed by atoms with E-state index in [2.05, 4.69) is 18.7 Å². The third-order valence-electron chi connectivity index (χ3n) is 5.34. The maximum Gasteiger partial charge on any atom is 0.0334 e. The minimum Gasteiger partial charge on any atom is -0.329 e. The van der Waals surface area contributed by atoms with Crippen LogP contribution in [0.2, 0.25) is 0 Å². The van der Waals surface area contributed by atoms with E-state index in [1.165, 1.54) is 64.3 Å². The van der Waals surface area contributed by atoms with Crippen molar-refractivity contribution in [1.29, 1.82) is 0 Å². The molecule has 0 amide bonds. The first-order valence-corrected chi connectivity index (χ1v) is 8.22. The molecule has 0 bridgehead atoms. The van der Waals surface area contributed by atoms with Crippen LogP contribution in [0.4, 0.5) is 0 Å². The highest BCUT2D eigenvalue weighted by atomic mass is 15.3. The van der Waals surface area contributed by atoms with E-state index in [0.717, 1.165) is 18.5 Å². The van der Waals surface area contributed by atoms with Crippen LogP contribution < -0.4 is 5.73 Å². The van der Waals surface area contributed by atoms with Gasteiger partial charge in [-0.05, 0) is 57.4 Å². The van der Waals surface area contributed by atoms with E-state index in [1.54, 1.807) is 0 Å². The highest BCUT2D eigenvalue weighted by molar-refractivity contribution is 5.01. The van der Waals surface area contributed by atoms with Crippen molar-refractivity contribution in [1.82, 2.24) is 4.90 Å². The lowest BCUT2D eigenvalue weighted by Crippen LogP contribution is -2.57. The molecule has 0 aliphatic heterocycles. The van der Waals surface area contributed by atoms with Crippen LogP contribution in [0.3, 0.4) is 0 Å². The first-order chi connectivity index (χ1) is 8.75. The molecule has 0 atom stereocenters. The van der Waals surface area contributed by atoms with Crippen LogP contribution in [0, 0.1) is 5.92 Å². The van der Waals surface area contributed by atoms with Crippen LogP contribution in [0.15, 0.2) is 0 Å². The van der Waals surface area contributed by atoms with Gasteiger partial charge in [0.25, 0.3) is 0 Å².